The lowest BCUT2D eigenvalue weighted by Gasteiger charge is -2.06. The zero-order valence-electron chi connectivity index (χ0n) is 9.01. The van der Waals surface area contributed by atoms with Crippen molar-refractivity contribution in [2.45, 2.75) is 9.97 Å². The van der Waals surface area contributed by atoms with Gasteiger partial charge in [-0.05, 0) is 0 Å². The molecule has 0 saturated carbocycles. The second-order valence-electron chi connectivity index (χ2n) is 3.29. The molecule has 0 aliphatic carbocycles. The van der Waals surface area contributed by atoms with Crippen LogP contribution < -0.4 is 0 Å². The van der Waals surface area contributed by atoms with E-state index >= 15 is 0 Å². The van der Waals surface area contributed by atoms with Crippen molar-refractivity contribution in [3.05, 3.63) is 24.3 Å². The molecule has 13 heteroatoms. The Morgan fingerprint density at radius 3 is 2.35 bits per heavy atom. The van der Waals surface area contributed by atoms with E-state index in [-0.39, 0.29) is 4.68 Å². The molecule has 2 heterocycles. The zero-order chi connectivity index (χ0) is 15.1. The molecule has 108 valence electrons. The van der Waals surface area contributed by atoms with Crippen LogP contribution in [-0.2, 0) is 9.97 Å². The molecule has 0 radical (unpaired) electrons. The SMILES string of the molecule is O=C(n1cncn1)n1nc(C(Cl)(Cl)Cl)nc1C(F)(F)F. The summed E-state index contributed by atoms with van der Waals surface area (Å²) >= 11 is 16.2. The summed E-state index contributed by atoms with van der Waals surface area (Å²) in [7, 11) is 0. The van der Waals surface area contributed by atoms with Gasteiger partial charge in [-0.1, -0.05) is 34.8 Å². The lowest BCUT2D eigenvalue weighted by atomic mass is 10.6. The predicted molar refractivity (Wildman–Crippen MR) is 60.5 cm³/mol. The number of hydrogen-bond donors (Lipinski definition) is 0. The summed E-state index contributed by atoms with van der Waals surface area (Å²) in [6.45, 7) is 0. The molecule has 0 unspecified atom stereocenters. The Bertz CT molecular complexity index is 631. The minimum Gasteiger partial charge on any atom is -0.243 e. The molecule has 0 aliphatic heterocycles. The van der Waals surface area contributed by atoms with Gasteiger partial charge in [0.15, 0.2) is 0 Å². The number of nitrogens with zero attached hydrogens (tertiary/aromatic N) is 6. The molecule has 0 spiro atoms. The Labute approximate surface area is 123 Å². The van der Waals surface area contributed by atoms with Crippen LogP contribution in [0.4, 0.5) is 18.0 Å². The van der Waals surface area contributed by atoms with E-state index in [1.165, 1.54) is 0 Å². The topological polar surface area (TPSA) is 78.5 Å². The third kappa shape index (κ3) is 2.86. The molecule has 20 heavy (non-hydrogen) atoms. The van der Waals surface area contributed by atoms with E-state index < -0.39 is 27.6 Å². The van der Waals surface area contributed by atoms with Crippen molar-refractivity contribution in [1.82, 2.24) is 29.5 Å². The Balaban J connectivity index is 2.57. The average molecular weight is 349 g/mol. The second kappa shape index (κ2) is 4.86. The van der Waals surface area contributed by atoms with Gasteiger partial charge in [-0.2, -0.15) is 27.6 Å². The number of carbonyl (C=O) groups is 1. The van der Waals surface area contributed by atoms with Crippen LogP contribution >= 0.6 is 34.8 Å². The molecule has 2 rings (SSSR count). The number of rotatable bonds is 0. The molecule has 2 aromatic heterocycles. The third-order valence-electron chi connectivity index (χ3n) is 1.91. The van der Waals surface area contributed by atoms with Crippen LogP contribution in [-0.4, -0.2) is 35.6 Å². The first kappa shape index (κ1) is 15.0. The average Bonchev–Trinajstić information content (AvgIpc) is 2.96. The van der Waals surface area contributed by atoms with Crippen LogP contribution in [0, 0.1) is 0 Å². The lowest BCUT2D eigenvalue weighted by molar-refractivity contribution is -0.146. The summed E-state index contributed by atoms with van der Waals surface area (Å²) < 4.78 is 36.6. The van der Waals surface area contributed by atoms with Crippen molar-refractivity contribution in [2.75, 3.05) is 0 Å². The first-order valence-corrected chi connectivity index (χ1v) is 5.75. The van der Waals surface area contributed by atoms with Crippen molar-refractivity contribution in [3.63, 3.8) is 0 Å². The van der Waals surface area contributed by atoms with Crippen molar-refractivity contribution < 1.29 is 18.0 Å². The fourth-order valence-corrected chi connectivity index (χ4v) is 1.39. The summed E-state index contributed by atoms with van der Waals surface area (Å²) in [5, 5.41) is 6.64. The van der Waals surface area contributed by atoms with Crippen LogP contribution in [0.3, 0.4) is 0 Å². The van der Waals surface area contributed by atoms with Crippen molar-refractivity contribution in [1.29, 1.82) is 0 Å². The van der Waals surface area contributed by atoms with Gasteiger partial charge >= 0.3 is 12.2 Å². The summed E-state index contributed by atoms with van der Waals surface area (Å²) in [5.41, 5.74) is 0. The first-order chi connectivity index (χ1) is 9.10. The molecule has 0 atom stereocenters. The molecule has 0 saturated heterocycles. The van der Waals surface area contributed by atoms with Crippen LogP contribution in [0.25, 0.3) is 0 Å². The van der Waals surface area contributed by atoms with Gasteiger partial charge in [-0.25, -0.2) is 14.8 Å². The summed E-state index contributed by atoms with van der Waals surface area (Å²) in [4.78, 5) is 18.3. The normalized spacial score (nSPS) is 12.7. The van der Waals surface area contributed by atoms with Crippen LogP contribution in [0.5, 0.6) is 0 Å². The maximum absolute atomic E-state index is 12.8. The number of halogens is 6. The third-order valence-corrected chi connectivity index (χ3v) is 2.42. The highest BCUT2D eigenvalue weighted by Gasteiger charge is 2.43. The van der Waals surface area contributed by atoms with Gasteiger partial charge in [0.05, 0.1) is 0 Å². The fraction of sp³-hybridized carbons (Fsp3) is 0.286. The zero-order valence-corrected chi connectivity index (χ0v) is 11.3. The highest BCUT2D eigenvalue weighted by molar-refractivity contribution is 6.66. The number of alkyl halides is 6. The molecule has 0 amide bonds. The highest BCUT2D eigenvalue weighted by atomic mass is 35.6. The molecule has 2 aromatic rings. The van der Waals surface area contributed by atoms with Gasteiger partial charge in [-0.15, -0.1) is 5.10 Å². The van der Waals surface area contributed by atoms with E-state index in [2.05, 4.69) is 20.2 Å². The molecule has 0 aromatic carbocycles. The van der Waals surface area contributed by atoms with Crippen molar-refractivity contribution >= 4 is 40.8 Å². The second-order valence-corrected chi connectivity index (χ2v) is 5.57. The molecular formula is C7H2Cl3F3N6O. The van der Waals surface area contributed by atoms with Gasteiger partial charge in [0, 0.05) is 0 Å². The standard InChI is InChI=1S/C7H2Cl3F3N6O/c8-6(9,10)3-16-4(7(11,12)13)19(17-3)5(20)18-2-14-1-15-18/h1-2H. The van der Waals surface area contributed by atoms with E-state index in [1.807, 2.05) is 0 Å². The van der Waals surface area contributed by atoms with Crippen molar-refractivity contribution in [3.8, 4) is 0 Å². The summed E-state index contributed by atoms with van der Waals surface area (Å²) in [6.07, 6.45) is -3.13. The van der Waals surface area contributed by atoms with E-state index in [1.54, 1.807) is 0 Å². The quantitative estimate of drug-likeness (QED) is 0.682. The number of carbonyl (C=O) groups excluding carboxylic acids is 1. The van der Waals surface area contributed by atoms with E-state index in [0.717, 1.165) is 12.7 Å². The molecule has 0 bridgehead atoms. The van der Waals surface area contributed by atoms with Gasteiger partial charge in [0.25, 0.3) is 3.79 Å². The van der Waals surface area contributed by atoms with Crippen LogP contribution in [0.1, 0.15) is 11.6 Å². The molecule has 0 aliphatic rings. The van der Waals surface area contributed by atoms with Gasteiger partial charge in [0.1, 0.15) is 12.7 Å². The van der Waals surface area contributed by atoms with Crippen molar-refractivity contribution in [2.24, 2.45) is 0 Å². The predicted octanol–water partition coefficient (Wildman–Crippen LogP) is 2.23. The largest absolute Gasteiger partial charge is 0.451 e. The molecule has 7 nitrogen and oxygen atoms in total. The fourth-order valence-electron chi connectivity index (χ4n) is 1.15. The maximum atomic E-state index is 12.8. The van der Waals surface area contributed by atoms with E-state index in [4.69, 9.17) is 34.8 Å². The molecular weight excluding hydrogens is 347 g/mol. The van der Waals surface area contributed by atoms with Gasteiger partial charge < -0.3 is 0 Å². The maximum Gasteiger partial charge on any atom is 0.451 e. The minimum atomic E-state index is -4.97. The number of hydrogen-bond acceptors (Lipinski definition) is 5. The van der Waals surface area contributed by atoms with Crippen LogP contribution in [0.2, 0.25) is 0 Å². The molecule has 0 N–H and O–H groups in total. The monoisotopic (exact) mass is 348 g/mol. The van der Waals surface area contributed by atoms with Gasteiger partial charge in [-0.3, -0.25) is 0 Å². The highest BCUT2D eigenvalue weighted by Crippen LogP contribution is 2.38. The van der Waals surface area contributed by atoms with Crippen LogP contribution in [0.15, 0.2) is 12.7 Å². The number of aromatic nitrogens is 6. The summed E-state index contributed by atoms with van der Waals surface area (Å²) in [5.74, 6) is -2.43. The Kier molecular flexibility index (Phi) is 3.65. The van der Waals surface area contributed by atoms with Gasteiger partial charge in [0.2, 0.25) is 11.6 Å². The Hall–Kier alpha value is -1.39. The lowest BCUT2D eigenvalue weighted by Crippen LogP contribution is -2.27. The Morgan fingerprint density at radius 1 is 1.25 bits per heavy atom. The van der Waals surface area contributed by atoms with E-state index in [9.17, 15) is 18.0 Å². The first-order valence-electron chi connectivity index (χ1n) is 4.61. The smallest absolute Gasteiger partial charge is 0.243 e. The molecule has 0 fully saturated rings. The Morgan fingerprint density at radius 2 is 1.90 bits per heavy atom. The van der Waals surface area contributed by atoms with E-state index in [0.29, 0.717) is 4.68 Å². The minimum absolute atomic E-state index is 0.0636. The summed E-state index contributed by atoms with van der Waals surface area (Å²) in [6, 6.07) is -1.28.